The number of nitrogens with one attached hydrogen (secondary N) is 1. The summed E-state index contributed by atoms with van der Waals surface area (Å²) in [6.07, 6.45) is 5.55. The normalized spacial score (nSPS) is 13.4. The van der Waals surface area contributed by atoms with Crippen LogP contribution < -0.4 is 5.32 Å². The monoisotopic (exact) mass is 421 g/mol. The summed E-state index contributed by atoms with van der Waals surface area (Å²) in [7, 11) is 0. The maximum absolute atomic E-state index is 5.06. The summed E-state index contributed by atoms with van der Waals surface area (Å²) in [6.45, 7) is 0. The van der Waals surface area contributed by atoms with Crippen molar-refractivity contribution in [2.24, 2.45) is 0 Å². The van der Waals surface area contributed by atoms with E-state index in [2.05, 4.69) is 72.0 Å². The number of aromatic nitrogens is 2. The molecule has 152 valence electrons. The number of anilines is 2. The van der Waals surface area contributed by atoms with Crippen LogP contribution in [0.5, 0.6) is 0 Å². The molecule has 0 saturated carbocycles. The number of aryl methyl sites for hydroxylation is 2. The molecule has 0 aliphatic heterocycles. The Labute approximate surface area is 185 Å². The van der Waals surface area contributed by atoms with Crippen molar-refractivity contribution in [3.63, 3.8) is 0 Å². The van der Waals surface area contributed by atoms with Gasteiger partial charge in [-0.1, -0.05) is 66.7 Å². The molecule has 3 nitrogen and oxygen atoms in total. The summed E-state index contributed by atoms with van der Waals surface area (Å²) in [5.74, 6) is 1.83. The van der Waals surface area contributed by atoms with Gasteiger partial charge in [-0.15, -0.1) is 11.3 Å². The van der Waals surface area contributed by atoms with Gasteiger partial charge >= 0.3 is 0 Å². The molecule has 2 heterocycles. The van der Waals surface area contributed by atoms with Gasteiger partial charge in [0.2, 0.25) is 0 Å². The fourth-order valence-corrected chi connectivity index (χ4v) is 5.89. The molecule has 3 aromatic carbocycles. The van der Waals surface area contributed by atoms with Crippen molar-refractivity contribution in [1.82, 2.24) is 9.97 Å². The van der Waals surface area contributed by atoms with Crippen molar-refractivity contribution in [2.75, 3.05) is 5.32 Å². The Morgan fingerprint density at radius 2 is 1.61 bits per heavy atom. The van der Waals surface area contributed by atoms with Gasteiger partial charge in [-0.3, -0.25) is 0 Å². The lowest BCUT2D eigenvalue weighted by atomic mass is 9.97. The Morgan fingerprint density at radius 1 is 0.806 bits per heavy atom. The molecule has 0 bridgehead atoms. The predicted octanol–water partition coefficient (Wildman–Crippen LogP) is 7.06. The summed E-state index contributed by atoms with van der Waals surface area (Å²) in [6, 6.07) is 25.4. The predicted molar refractivity (Wildman–Crippen MR) is 131 cm³/mol. The number of benzene rings is 3. The van der Waals surface area contributed by atoms with E-state index in [1.54, 1.807) is 0 Å². The van der Waals surface area contributed by atoms with Crippen molar-refractivity contribution < 1.29 is 0 Å². The fraction of sp³-hybridized carbons (Fsp3) is 0.185. The quantitative estimate of drug-likeness (QED) is 0.338. The molecular formula is C27H23N3S. The van der Waals surface area contributed by atoms with Gasteiger partial charge < -0.3 is 5.32 Å². The molecule has 0 amide bonds. The van der Waals surface area contributed by atoms with Crippen molar-refractivity contribution in [2.45, 2.75) is 32.1 Å². The summed E-state index contributed by atoms with van der Waals surface area (Å²) < 4.78 is 0. The summed E-state index contributed by atoms with van der Waals surface area (Å²) >= 11 is 1.86. The minimum atomic E-state index is 0.740. The Balaban J connectivity index is 1.51. The first-order valence-corrected chi connectivity index (χ1v) is 11.8. The lowest BCUT2D eigenvalue weighted by Crippen LogP contribution is -2.04. The number of hydrogen-bond donors (Lipinski definition) is 1. The smallest absolute Gasteiger partial charge is 0.143 e. The van der Waals surface area contributed by atoms with Crippen LogP contribution >= 0.6 is 11.3 Å². The summed E-state index contributed by atoms with van der Waals surface area (Å²) in [4.78, 5) is 12.7. The molecular weight excluding hydrogens is 398 g/mol. The van der Waals surface area contributed by atoms with Crippen molar-refractivity contribution >= 4 is 43.8 Å². The first-order valence-electron chi connectivity index (χ1n) is 10.9. The highest BCUT2D eigenvalue weighted by atomic mass is 32.1. The van der Waals surface area contributed by atoms with Crippen LogP contribution in [0.2, 0.25) is 0 Å². The van der Waals surface area contributed by atoms with Crippen LogP contribution in [-0.4, -0.2) is 9.97 Å². The third kappa shape index (κ3) is 3.47. The number of fused-ring (bicyclic) bond motifs is 4. The maximum Gasteiger partial charge on any atom is 0.143 e. The van der Waals surface area contributed by atoms with Gasteiger partial charge in [0.15, 0.2) is 0 Å². The zero-order valence-corrected chi connectivity index (χ0v) is 18.1. The molecule has 0 fully saturated rings. The maximum atomic E-state index is 5.06. The largest absolute Gasteiger partial charge is 0.339 e. The molecule has 0 spiro atoms. The van der Waals surface area contributed by atoms with Crippen LogP contribution in [-0.2, 0) is 19.3 Å². The Morgan fingerprint density at radius 3 is 2.55 bits per heavy atom. The van der Waals surface area contributed by atoms with Crippen LogP contribution in [0, 0.1) is 0 Å². The highest BCUT2D eigenvalue weighted by Crippen LogP contribution is 2.40. The summed E-state index contributed by atoms with van der Waals surface area (Å²) in [5.41, 5.74) is 3.79. The van der Waals surface area contributed by atoms with E-state index in [0.29, 0.717) is 0 Å². The molecule has 6 rings (SSSR count). The first kappa shape index (κ1) is 18.5. The molecule has 2 aromatic heterocycles. The number of hydrogen-bond acceptors (Lipinski definition) is 4. The highest BCUT2D eigenvalue weighted by Gasteiger charge is 2.21. The zero-order valence-electron chi connectivity index (χ0n) is 17.3. The molecule has 31 heavy (non-hydrogen) atoms. The highest BCUT2D eigenvalue weighted by molar-refractivity contribution is 7.19. The van der Waals surface area contributed by atoms with Crippen LogP contribution in [0.15, 0.2) is 72.8 Å². The fourth-order valence-electron chi connectivity index (χ4n) is 4.61. The van der Waals surface area contributed by atoms with Gasteiger partial charge in [-0.25, -0.2) is 9.97 Å². The Kier molecular flexibility index (Phi) is 4.65. The zero-order chi connectivity index (χ0) is 20.6. The molecule has 1 N–H and O–H groups in total. The van der Waals surface area contributed by atoms with E-state index in [-0.39, 0.29) is 0 Å². The van der Waals surface area contributed by atoms with Gasteiger partial charge in [-0.2, -0.15) is 0 Å². The van der Waals surface area contributed by atoms with E-state index in [4.69, 9.17) is 9.97 Å². The van der Waals surface area contributed by atoms with Crippen molar-refractivity contribution in [3.05, 3.63) is 94.6 Å². The molecule has 0 radical (unpaired) electrons. The van der Waals surface area contributed by atoms with Crippen molar-refractivity contribution in [1.29, 1.82) is 0 Å². The van der Waals surface area contributed by atoms with E-state index in [0.717, 1.165) is 41.4 Å². The molecule has 0 saturated heterocycles. The molecule has 4 heteroatoms. The first-order chi connectivity index (χ1) is 15.3. The number of nitrogens with zero attached hydrogens (tertiary/aromatic N) is 2. The Bertz CT molecular complexity index is 1380. The number of thiophene rings is 1. The van der Waals surface area contributed by atoms with Gasteiger partial charge in [0.05, 0.1) is 5.39 Å². The van der Waals surface area contributed by atoms with E-state index >= 15 is 0 Å². The third-order valence-electron chi connectivity index (χ3n) is 6.11. The standard InChI is InChI=1S/C27H23N3S/c1-2-9-18(10-3-1)17-24-29-26(25-21-14-6-7-16-23(21)31-27(25)30-24)28-22-15-8-12-19-11-4-5-13-20(19)22/h1-5,8-13,15H,6-7,14,16-17H2,(H,28,29,30). The lowest BCUT2D eigenvalue weighted by Gasteiger charge is -2.14. The third-order valence-corrected chi connectivity index (χ3v) is 7.29. The molecule has 0 atom stereocenters. The van der Waals surface area contributed by atoms with Gasteiger partial charge in [0.1, 0.15) is 16.5 Å². The molecule has 0 unspecified atom stereocenters. The van der Waals surface area contributed by atoms with Crippen LogP contribution in [0.25, 0.3) is 21.0 Å². The SMILES string of the molecule is c1ccc(Cc2nc(Nc3cccc4ccccc34)c3c4c(sc3n2)CCCC4)cc1. The van der Waals surface area contributed by atoms with E-state index < -0.39 is 0 Å². The number of rotatable bonds is 4. The van der Waals surface area contributed by atoms with Gasteiger partial charge in [0, 0.05) is 22.4 Å². The van der Waals surface area contributed by atoms with Crippen LogP contribution in [0.4, 0.5) is 11.5 Å². The topological polar surface area (TPSA) is 37.8 Å². The minimum absolute atomic E-state index is 0.740. The molecule has 5 aromatic rings. The minimum Gasteiger partial charge on any atom is -0.339 e. The van der Waals surface area contributed by atoms with E-state index in [1.807, 2.05) is 17.4 Å². The summed E-state index contributed by atoms with van der Waals surface area (Å²) in [5, 5.41) is 7.38. The average molecular weight is 422 g/mol. The second-order valence-corrected chi connectivity index (χ2v) is 9.28. The average Bonchev–Trinajstić information content (AvgIpc) is 3.19. The van der Waals surface area contributed by atoms with Crippen LogP contribution in [0.3, 0.4) is 0 Å². The Hall–Kier alpha value is -3.24. The second kappa shape index (κ2) is 7.78. The molecule has 1 aliphatic carbocycles. The second-order valence-electron chi connectivity index (χ2n) is 8.19. The van der Waals surface area contributed by atoms with Gasteiger partial charge in [0.25, 0.3) is 0 Å². The van der Waals surface area contributed by atoms with E-state index in [9.17, 15) is 0 Å². The van der Waals surface area contributed by atoms with E-state index in [1.165, 1.54) is 45.0 Å². The van der Waals surface area contributed by atoms with Crippen LogP contribution in [0.1, 0.15) is 34.7 Å². The molecule has 1 aliphatic rings. The van der Waals surface area contributed by atoms with Crippen molar-refractivity contribution in [3.8, 4) is 0 Å². The van der Waals surface area contributed by atoms with Gasteiger partial charge in [-0.05, 0) is 48.3 Å². The lowest BCUT2D eigenvalue weighted by molar-refractivity contribution is 0.700.